The minimum Gasteiger partial charge on any atom is -0.457 e. The number of alkyl halides is 1. The van der Waals surface area contributed by atoms with E-state index in [1.54, 1.807) is 0 Å². The zero-order valence-corrected chi connectivity index (χ0v) is 17.6. The maximum atomic E-state index is 12.7. The molecule has 27 heavy (non-hydrogen) atoms. The van der Waals surface area contributed by atoms with Gasteiger partial charge in [-0.25, -0.2) is 8.96 Å². The SMILES string of the molecule is CCCCCCCCCCCCCCCC(=O)O[C@H](CF)COP(=O)(O)O. The van der Waals surface area contributed by atoms with Crippen LogP contribution < -0.4 is 0 Å². The van der Waals surface area contributed by atoms with E-state index in [2.05, 4.69) is 11.4 Å². The fourth-order valence-corrected chi connectivity index (χ4v) is 3.18. The Balaban J connectivity index is 3.46. The van der Waals surface area contributed by atoms with Crippen molar-refractivity contribution in [2.24, 2.45) is 0 Å². The van der Waals surface area contributed by atoms with Crippen molar-refractivity contribution >= 4 is 13.8 Å². The van der Waals surface area contributed by atoms with Crippen LogP contribution in [0, 0.1) is 0 Å². The Kier molecular flexibility index (Phi) is 17.3. The number of ether oxygens (including phenoxy) is 1. The van der Waals surface area contributed by atoms with Crippen LogP contribution in [0.4, 0.5) is 4.39 Å². The number of carbonyl (C=O) groups is 1. The number of hydrogen-bond acceptors (Lipinski definition) is 4. The zero-order chi connectivity index (χ0) is 20.4. The summed E-state index contributed by atoms with van der Waals surface area (Å²) in [6.45, 7) is 0.546. The van der Waals surface area contributed by atoms with Gasteiger partial charge in [-0.15, -0.1) is 0 Å². The quantitative estimate of drug-likeness (QED) is 0.166. The van der Waals surface area contributed by atoms with Crippen molar-refractivity contribution < 1.29 is 32.8 Å². The molecule has 6 nitrogen and oxygen atoms in total. The lowest BCUT2D eigenvalue weighted by Crippen LogP contribution is -2.25. The molecule has 2 N–H and O–H groups in total. The van der Waals surface area contributed by atoms with Gasteiger partial charge in [-0.1, -0.05) is 84.0 Å². The summed E-state index contributed by atoms with van der Waals surface area (Å²) < 4.78 is 32.2. The molecule has 0 unspecified atom stereocenters. The number of hydrogen-bond donors (Lipinski definition) is 2. The molecular weight excluding hydrogens is 374 g/mol. The predicted octanol–water partition coefficient (Wildman–Crippen LogP) is 5.46. The van der Waals surface area contributed by atoms with Gasteiger partial charge < -0.3 is 14.5 Å². The highest BCUT2D eigenvalue weighted by Crippen LogP contribution is 2.35. The zero-order valence-electron chi connectivity index (χ0n) is 16.7. The number of rotatable bonds is 19. The van der Waals surface area contributed by atoms with Crippen LogP contribution in [0.3, 0.4) is 0 Å². The maximum Gasteiger partial charge on any atom is 0.469 e. The molecule has 8 heteroatoms. The van der Waals surface area contributed by atoms with E-state index in [9.17, 15) is 13.8 Å². The molecule has 0 heterocycles. The molecule has 0 amide bonds. The van der Waals surface area contributed by atoms with Crippen molar-refractivity contribution in [3.63, 3.8) is 0 Å². The van der Waals surface area contributed by atoms with E-state index in [4.69, 9.17) is 14.5 Å². The minimum atomic E-state index is -4.69. The van der Waals surface area contributed by atoms with Crippen LogP contribution in [-0.4, -0.2) is 35.1 Å². The maximum absolute atomic E-state index is 12.7. The molecule has 0 radical (unpaired) electrons. The van der Waals surface area contributed by atoms with E-state index in [-0.39, 0.29) is 6.42 Å². The molecule has 0 aromatic carbocycles. The van der Waals surface area contributed by atoms with E-state index in [0.717, 1.165) is 19.3 Å². The Bertz CT molecular complexity index is 402. The molecule has 0 fully saturated rings. The van der Waals surface area contributed by atoms with Crippen molar-refractivity contribution in [3.8, 4) is 0 Å². The third-order valence-corrected chi connectivity index (χ3v) is 4.87. The van der Waals surface area contributed by atoms with Crippen molar-refractivity contribution in [1.82, 2.24) is 0 Å². The first-order valence-corrected chi connectivity index (χ1v) is 11.9. The molecule has 1 atom stereocenters. The topological polar surface area (TPSA) is 93.1 Å². The third-order valence-electron chi connectivity index (χ3n) is 4.38. The Hall–Kier alpha value is -0.490. The van der Waals surface area contributed by atoms with Crippen LogP contribution in [-0.2, 0) is 18.6 Å². The van der Waals surface area contributed by atoms with Crippen LogP contribution in [0.1, 0.15) is 96.8 Å². The largest absolute Gasteiger partial charge is 0.469 e. The average molecular weight is 412 g/mol. The lowest BCUT2D eigenvalue weighted by atomic mass is 10.0. The van der Waals surface area contributed by atoms with Gasteiger partial charge in [0.05, 0.1) is 6.61 Å². The van der Waals surface area contributed by atoms with Gasteiger partial charge in [0, 0.05) is 6.42 Å². The monoisotopic (exact) mass is 412 g/mol. The standard InChI is InChI=1S/C19H38FO6P/c1-2-3-4-5-6-7-8-9-10-11-12-13-14-15-19(21)26-18(16-20)17-25-27(22,23)24/h18H,2-17H2,1H3,(H2,22,23,24)/t18-/m1/s1. The first-order chi connectivity index (χ1) is 12.9. The fourth-order valence-electron chi connectivity index (χ4n) is 2.82. The molecule has 0 saturated heterocycles. The summed E-state index contributed by atoms with van der Waals surface area (Å²) in [6.07, 6.45) is 14.6. The Morgan fingerprint density at radius 1 is 0.889 bits per heavy atom. The number of carbonyl (C=O) groups excluding carboxylic acids is 1. The molecule has 0 aliphatic rings. The summed E-state index contributed by atoms with van der Waals surface area (Å²) in [5.41, 5.74) is 0. The summed E-state index contributed by atoms with van der Waals surface area (Å²) >= 11 is 0. The van der Waals surface area contributed by atoms with Crippen LogP contribution in [0.15, 0.2) is 0 Å². The van der Waals surface area contributed by atoms with Crippen molar-refractivity contribution in [1.29, 1.82) is 0 Å². The van der Waals surface area contributed by atoms with Crippen molar-refractivity contribution in [2.45, 2.75) is 103 Å². The molecule has 0 spiro atoms. The van der Waals surface area contributed by atoms with Crippen LogP contribution in [0.5, 0.6) is 0 Å². The lowest BCUT2D eigenvalue weighted by molar-refractivity contribution is -0.152. The third kappa shape index (κ3) is 20.1. The first-order valence-electron chi connectivity index (χ1n) is 10.3. The molecular formula is C19H38FO6P. The Morgan fingerprint density at radius 3 is 1.74 bits per heavy atom. The summed E-state index contributed by atoms with van der Waals surface area (Å²) in [7, 11) is -4.69. The Morgan fingerprint density at radius 2 is 1.33 bits per heavy atom. The molecule has 0 bridgehead atoms. The van der Waals surface area contributed by atoms with E-state index in [1.165, 1.54) is 57.8 Å². The molecule has 0 aliphatic heterocycles. The number of esters is 1. The van der Waals surface area contributed by atoms with Crippen LogP contribution >= 0.6 is 7.82 Å². The van der Waals surface area contributed by atoms with Crippen molar-refractivity contribution in [3.05, 3.63) is 0 Å². The molecule has 0 aromatic heterocycles. The second-order valence-electron chi connectivity index (χ2n) is 7.05. The van der Waals surface area contributed by atoms with Gasteiger partial charge in [0.25, 0.3) is 0 Å². The van der Waals surface area contributed by atoms with Crippen LogP contribution in [0.25, 0.3) is 0 Å². The van der Waals surface area contributed by atoms with Gasteiger partial charge in [-0.3, -0.25) is 9.32 Å². The van der Waals surface area contributed by atoms with Gasteiger partial charge >= 0.3 is 13.8 Å². The normalized spacial score (nSPS) is 12.9. The number of unbranched alkanes of at least 4 members (excludes halogenated alkanes) is 12. The minimum absolute atomic E-state index is 0.185. The van der Waals surface area contributed by atoms with E-state index in [0.29, 0.717) is 6.42 Å². The average Bonchev–Trinajstić information content (AvgIpc) is 2.61. The van der Waals surface area contributed by atoms with E-state index in [1.807, 2.05) is 0 Å². The summed E-state index contributed by atoms with van der Waals surface area (Å²) in [4.78, 5) is 28.7. The van der Waals surface area contributed by atoms with E-state index < -0.39 is 33.2 Å². The Labute approximate surface area is 163 Å². The highest BCUT2D eigenvalue weighted by Gasteiger charge is 2.21. The number of halogens is 1. The highest BCUT2D eigenvalue weighted by atomic mass is 31.2. The second-order valence-corrected chi connectivity index (χ2v) is 8.28. The predicted molar refractivity (Wildman–Crippen MR) is 104 cm³/mol. The molecule has 0 rings (SSSR count). The molecule has 0 aromatic rings. The summed E-state index contributed by atoms with van der Waals surface area (Å²) in [6, 6.07) is 0. The first kappa shape index (κ1) is 26.5. The fraction of sp³-hybridized carbons (Fsp3) is 0.947. The highest BCUT2D eigenvalue weighted by molar-refractivity contribution is 7.46. The van der Waals surface area contributed by atoms with Crippen molar-refractivity contribution in [2.75, 3.05) is 13.3 Å². The molecule has 0 aliphatic carbocycles. The van der Waals surface area contributed by atoms with Gasteiger partial charge in [0.15, 0.2) is 6.10 Å². The summed E-state index contributed by atoms with van der Waals surface area (Å²) in [5, 5.41) is 0. The van der Waals surface area contributed by atoms with Gasteiger partial charge in [-0.05, 0) is 6.42 Å². The molecule has 162 valence electrons. The van der Waals surface area contributed by atoms with Gasteiger partial charge in [-0.2, -0.15) is 0 Å². The van der Waals surface area contributed by atoms with Gasteiger partial charge in [0.1, 0.15) is 6.67 Å². The van der Waals surface area contributed by atoms with Gasteiger partial charge in [0.2, 0.25) is 0 Å². The van der Waals surface area contributed by atoms with Crippen LogP contribution in [0.2, 0.25) is 0 Å². The van der Waals surface area contributed by atoms with E-state index >= 15 is 0 Å². The second kappa shape index (κ2) is 17.6. The molecule has 0 saturated carbocycles. The number of phosphoric acid groups is 1. The smallest absolute Gasteiger partial charge is 0.457 e. The summed E-state index contributed by atoms with van der Waals surface area (Å²) in [5.74, 6) is -0.560. The lowest BCUT2D eigenvalue weighted by Gasteiger charge is -2.15. The number of phosphoric ester groups is 1.